The predicted molar refractivity (Wildman–Crippen MR) is 215 cm³/mol. The van der Waals surface area contributed by atoms with Crippen LogP contribution in [-0.2, 0) is 34.9 Å². The molecule has 2 bridgehead atoms. The van der Waals surface area contributed by atoms with Crippen molar-refractivity contribution in [2.24, 2.45) is 4.99 Å². The van der Waals surface area contributed by atoms with Gasteiger partial charge >= 0.3 is 28.6 Å². The lowest BCUT2D eigenvalue weighted by Gasteiger charge is -2.43. The van der Waals surface area contributed by atoms with Gasteiger partial charge in [-0.05, 0) is 86.5 Å². The van der Waals surface area contributed by atoms with Crippen LogP contribution in [0.4, 0.5) is 14.4 Å². The monoisotopic (exact) mass is 827 g/mol. The topological polar surface area (TPSA) is 194 Å². The van der Waals surface area contributed by atoms with E-state index in [0.29, 0.717) is 50.2 Å². The number of nitrogens with zero attached hydrogens (tertiary/aromatic N) is 5. The minimum absolute atomic E-state index is 0.123. The van der Waals surface area contributed by atoms with Crippen LogP contribution in [0.15, 0.2) is 15.6 Å². The fourth-order valence-electron chi connectivity index (χ4n) is 7.10. The number of ether oxygens (including phenoxy) is 2. The molecule has 326 valence electrons. The third-order valence-corrected chi connectivity index (χ3v) is 10.4. The molecule has 0 aromatic carbocycles. The number of nitrogens with one attached hydrogen (secondary N) is 2. The van der Waals surface area contributed by atoms with Crippen LogP contribution in [-0.4, -0.2) is 95.2 Å². The van der Waals surface area contributed by atoms with Crippen LogP contribution in [0.5, 0.6) is 0 Å². The summed E-state index contributed by atoms with van der Waals surface area (Å²) < 4.78 is 54.8. The van der Waals surface area contributed by atoms with E-state index in [1.54, 1.807) is 57.6 Å². The summed E-state index contributed by atoms with van der Waals surface area (Å²) in [5.41, 5.74) is -1.46. The van der Waals surface area contributed by atoms with Gasteiger partial charge in [0.1, 0.15) is 22.7 Å². The summed E-state index contributed by atoms with van der Waals surface area (Å²) in [6.45, 7) is 19.7. The maximum atomic E-state index is 13.7. The highest BCUT2D eigenvalue weighted by Gasteiger charge is 2.49. The smallest absolute Gasteiger partial charge is 0.437 e. The summed E-state index contributed by atoms with van der Waals surface area (Å²) >= 11 is 0. The third-order valence-electron chi connectivity index (χ3n) is 9.65. The van der Waals surface area contributed by atoms with Crippen molar-refractivity contribution in [2.75, 3.05) is 19.6 Å². The van der Waals surface area contributed by atoms with E-state index in [0.717, 1.165) is 69.3 Å². The standard InChI is InChI=1S/C39H69N7O10S/c1-11-15-23-39(22-14-4,24-16-12-2)45(26-17-13-3)55-57(50,51)56-46-29-20-21-32(44(28-29)36(46)49)31-27-30(54-43-31)19-18-25-40-33(41-34(47)52-37(5,6)7)42-35(48)53-38(8,9)10/h27,29,32H,11-26,28H2,1-10H3,(H2,40,41,42,47,48)/t29-,32-/m0/s1. The van der Waals surface area contributed by atoms with E-state index in [2.05, 4.69) is 48.5 Å². The maximum absolute atomic E-state index is 13.7. The first kappa shape index (κ1) is 47.9. The molecule has 3 rings (SSSR count). The van der Waals surface area contributed by atoms with E-state index in [4.69, 9.17) is 22.6 Å². The quantitative estimate of drug-likeness (QED) is 0.0523. The first-order chi connectivity index (χ1) is 26.7. The fourth-order valence-corrected chi connectivity index (χ4v) is 7.96. The number of hydrogen-bond acceptors (Lipinski definition) is 12. The molecule has 1 aromatic heterocycles. The molecule has 1 aromatic rings. The van der Waals surface area contributed by atoms with Crippen molar-refractivity contribution in [3.05, 3.63) is 17.5 Å². The Morgan fingerprint density at radius 2 is 1.58 bits per heavy atom. The number of urea groups is 1. The Morgan fingerprint density at radius 1 is 0.930 bits per heavy atom. The normalized spacial score (nSPS) is 18.0. The lowest BCUT2D eigenvalue weighted by molar-refractivity contribution is -0.172. The van der Waals surface area contributed by atoms with E-state index >= 15 is 0 Å². The number of alkyl carbamates (subject to hydrolysis) is 1. The van der Waals surface area contributed by atoms with Crippen LogP contribution in [0.1, 0.15) is 170 Å². The van der Waals surface area contributed by atoms with Crippen molar-refractivity contribution in [3.63, 3.8) is 0 Å². The minimum atomic E-state index is -4.64. The summed E-state index contributed by atoms with van der Waals surface area (Å²) in [6, 6.07) is 0.296. The number of rotatable bonds is 21. The molecule has 0 spiro atoms. The van der Waals surface area contributed by atoms with Crippen LogP contribution >= 0.6 is 0 Å². The summed E-state index contributed by atoms with van der Waals surface area (Å²) in [4.78, 5) is 43.9. The molecule has 2 atom stereocenters. The third kappa shape index (κ3) is 15.3. The molecule has 57 heavy (non-hydrogen) atoms. The van der Waals surface area contributed by atoms with E-state index < -0.39 is 57.4 Å². The van der Waals surface area contributed by atoms with E-state index in [1.165, 1.54) is 0 Å². The number of carbonyl (C=O) groups is 3. The summed E-state index contributed by atoms with van der Waals surface area (Å²) in [5.74, 6) is 0.437. The van der Waals surface area contributed by atoms with Gasteiger partial charge in [-0.3, -0.25) is 5.32 Å². The van der Waals surface area contributed by atoms with Crippen LogP contribution in [0.3, 0.4) is 0 Å². The number of hydrogen-bond donors (Lipinski definition) is 2. The average molecular weight is 828 g/mol. The highest BCUT2D eigenvalue weighted by molar-refractivity contribution is 7.81. The second-order valence-electron chi connectivity index (χ2n) is 17.0. The molecule has 2 N–H and O–H groups in total. The number of guanidine groups is 1. The lowest BCUT2D eigenvalue weighted by Crippen LogP contribution is -2.51. The first-order valence-electron chi connectivity index (χ1n) is 20.8. The Morgan fingerprint density at radius 3 is 2.18 bits per heavy atom. The zero-order valence-electron chi connectivity index (χ0n) is 36.0. The van der Waals surface area contributed by atoms with Gasteiger partial charge in [0.25, 0.3) is 0 Å². The lowest BCUT2D eigenvalue weighted by atomic mass is 9.82. The maximum Gasteiger partial charge on any atom is 0.437 e. The Kier molecular flexibility index (Phi) is 18.1. The molecule has 0 aliphatic carbocycles. The van der Waals surface area contributed by atoms with Crippen LogP contribution < -0.4 is 10.6 Å². The van der Waals surface area contributed by atoms with Crippen molar-refractivity contribution < 1.29 is 45.4 Å². The van der Waals surface area contributed by atoms with Crippen LogP contribution in [0.25, 0.3) is 0 Å². The van der Waals surface area contributed by atoms with Gasteiger partial charge in [0.05, 0.1) is 12.1 Å². The van der Waals surface area contributed by atoms with Gasteiger partial charge in [-0.15, -0.1) is 9.28 Å². The second kappa shape index (κ2) is 21.5. The van der Waals surface area contributed by atoms with Gasteiger partial charge in [0.2, 0.25) is 5.96 Å². The molecular weight excluding hydrogens is 759 g/mol. The minimum Gasteiger partial charge on any atom is -0.444 e. The molecule has 2 aliphatic rings. The van der Waals surface area contributed by atoms with Crippen molar-refractivity contribution in [3.8, 4) is 0 Å². The fraction of sp³-hybridized carbons (Fsp3) is 0.821. The SMILES string of the molecule is CCCCN(OS(=O)(=O)ON1C(=O)N2C[C@@H]1CC[C@H]2c1cc(CCCN/C(=N\C(=O)OC(C)(C)C)NC(=O)OC(C)(C)C)on1)C(CCC)(CCCC)CCCC. The molecular formula is C39H69N7O10S. The molecule has 2 aliphatic heterocycles. The zero-order chi connectivity index (χ0) is 42.4. The van der Waals surface area contributed by atoms with Gasteiger partial charge in [-0.25, -0.2) is 14.4 Å². The Bertz CT molecular complexity index is 1580. The summed E-state index contributed by atoms with van der Waals surface area (Å²) in [5, 5.41) is 12.2. The Labute approximate surface area is 340 Å². The highest BCUT2D eigenvalue weighted by atomic mass is 32.3. The Balaban J connectivity index is 1.65. The van der Waals surface area contributed by atoms with E-state index in [9.17, 15) is 22.8 Å². The van der Waals surface area contributed by atoms with Crippen molar-refractivity contribution >= 4 is 34.6 Å². The molecule has 0 unspecified atom stereocenters. The van der Waals surface area contributed by atoms with Crippen molar-refractivity contribution in [1.82, 2.24) is 30.8 Å². The molecule has 2 fully saturated rings. The summed E-state index contributed by atoms with van der Waals surface area (Å²) in [7, 11) is -4.64. The molecule has 2 saturated heterocycles. The van der Waals surface area contributed by atoms with Crippen molar-refractivity contribution in [2.45, 2.75) is 188 Å². The molecule has 4 amide bonds. The van der Waals surface area contributed by atoms with E-state index in [-0.39, 0.29) is 12.5 Å². The average Bonchev–Trinajstić information content (AvgIpc) is 3.66. The number of piperidine rings is 1. The molecule has 17 nitrogen and oxygen atoms in total. The van der Waals surface area contributed by atoms with Gasteiger partial charge in [0, 0.05) is 37.7 Å². The van der Waals surface area contributed by atoms with E-state index in [1.807, 2.05) is 0 Å². The highest BCUT2D eigenvalue weighted by Crippen LogP contribution is 2.40. The number of aliphatic imine (C=N–C) groups is 1. The zero-order valence-corrected chi connectivity index (χ0v) is 36.8. The largest absolute Gasteiger partial charge is 0.444 e. The molecule has 0 radical (unpaired) electrons. The van der Waals surface area contributed by atoms with Gasteiger partial charge in [0.15, 0.2) is 0 Å². The molecule has 0 saturated carbocycles. The Hall–Kier alpha value is -3.48. The molecule has 18 heteroatoms. The number of amides is 4. The van der Waals surface area contributed by atoms with Crippen LogP contribution in [0.2, 0.25) is 0 Å². The van der Waals surface area contributed by atoms with Crippen molar-refractivity contribution in [1.29, 1.82) is 0 Å². The van der Waals surface area contributed by atoms with Gasteiger partial charge in [-0.2, -0.15) is 22.8 Å². The van der Waals surface area contributed by atoms with Gasteiger partial charge in [-0.1, -0.05) is 71.4 Å². The number of aromatic nitrogens is 1. The number of fused-ring (bicyclic) bond motifs is 2. The summed E-state index contributed by atoms with van der Waals surface area (Å²) in [6.07, 6.45) is 9.05. The number of hydroxylamine groups is 4. The predicted octanol–water partition coefficient (Wildman–Crippen LogP) is 8.08. The first-order valence-corrected chi connectivity index (χ1v) is 22.1. The second-order valence-corrected chi connectivity index (χ2v) is 18.1. The number of aryl methyl sites for hydroxylation is 1. The van der Waals surface area contributed by atoms with Gasteiger partial charge < -0.3 is 24.2 Å². The number of unbranched alkanes of at least 4 members (excludes halogenated alkanes) is 3. The number of carbonyl (C=O) groups excluding carboxylic acids is 3. The molecule has 3 heterocycles. The van der Waals surface area contributed by atoms with Crippen LogP contribution in [0, 0.1) is 0 Å².